The second-order valence-electron chi connectivity index (χ2n) is 4.13. The van der Waals surface area contributed by atoms with E-state index < -0.39 is 0 Å². The fraction of sp³-hybridized carbons (Fsp3) is 0.214. The summed E-state index contributed by atoms with van der Waals surface area (Å²) in [4.78, 5) is 11.2. The molecule has 100 valence electrons. The Labute approximate surface area is 111 Å². The summed E-state index contributed by atoms with van der Waals surface area (Å²) >= 11 is 0. The van der Waals surface area contributed by atoms with Crippen LogP contribution in [0.2, 0.25) is 0 Å². The van der Waals surface area contributed by atoms with E-state index in [4.69, 9.17) is 15.2 Å². The smallest absolute Gasteiger partial charge is 0.197 e. The zero-order valence-electron chi connectivity index (χ0n) is 11.1. The summed E-state index contributed by atoms with van der Waals surface area (Å²) in [6, 6.07) is 7.26. The molecule has 5 heteroatoms. The van der Waals surface area contributed by atoms with E-state index in [1.807, 2.05) is 29.9 Å². The number of carbonyl (C=O) groups excluding carboxylic acids is 1. The zero-order chi connectivity index (χ0) is 14.0. The van der Waals surface area contributed by atoms with Gasteiger partial charge in [0.15, 0.2) is 17.3 Å². The van der Waals surface area contributed by atoms with Crippen molar-refractivity contribution in [3.63, 3.8) is 0 Å². The number of ether oxygens (including phenoxy) is 2. The normalized spacial score (nSPS) is 11.2. The number of fused-ring (bicyclic) bond motifs is 2. The lowest BCUT2D eigenvalue weighted by molar-refractivity contribution is 0.101. The maximum absolute atomic E-state index is 11.2. The molecular formula is C14H16N2O3. The molecule has 2 aromatic rings. The largest absolute Gasteiger partial charge is 0.493 e. The van der Waals surface area contributed by atoms with Crippen LogP contribution in [-0.4, -0.2) is 24.6 Å². The first-order valence-corrected chi connectivity index (χ1v) is 5.76. The molecule has 2 bridgehead atoms. The van der Waals surface area contributed by atoms with Crippen LogP contribution < -0.4 is 15.2 Å². The number of benzene rings is 1. The number of hydrogen-bond donors (Lipinski definition) is 1. The second kappa shape index (κ2) is 5.06. The highest BCUT2D eigenvalue weighted by Crippen LogP contribution is 2.39. The lowest BCUT2D eigenvalue weighted by Crippen LogP contribution is -2.15. The number of anilines is 1. The van der Waals surface area contributed by atoms with E-state index in [0.29, 0.717) is 22.6 Å². The molecular weight excluding hydrogens is 244 g/mol. The summed E-state index contributed by atoms with van der Waals surface area (Å²) in [5, 5.41) is 0. The van der Waals surface area contributed by atoms with Crippen LogP contribution in [0.15, 0.2) is 30.5 Å². The molecule has 2 aliphatic rings. The third-order valence-electron chi connectivity index (χ3n) is 2.97. The van der Waals surface area contributed by atoms with Crippen LogP contribution in [-0.2, 0) is 7.05 Å². The van der Waals surface area contributed by atoms with E-state index in [0.717, 1.165) is 5.82 Å². The van der Waals surface area contributed by atoms with Gasteiger partial charge in [0, 0.05) is 18.8 Å². The minimum Gasteiger partial charge on any atom is -0.493 e. The van der Waals surface area contributed by atoms with Crippen molar-refractivity contribution >= 4 is 11.6 Å². The molecule has 4 rings (SSSR count). The van der Waals surface area contributed by atoms with Crippen LogP contribution in [0.4, 0.5) is 5.82 Å². The van der Waals surface area contributed by atoms with Gasteiger partial charge in [-0.25, -0.2) is 0 Å². The molecule has 1 aromatic carbocycles. The van der Waals surface area contributed by atoms with Crippen molar-refractivity contribution in [1.29, 1.82) is 0 Å². The third kappa shape index (κ3) is 2.27. The molecule has 19 heavy (non-hydrogen) atoms. The number of rotatable bonds is 2. The van der Waals surface area contributed by atoms with Crippen LogP contribution in [0.25, 0.3) is 0 Å². The van der Waals surface area contributed by atoms with Crippen molar-refractivity contribution in [3.05, 3.63) is 41.6 Å². The van der Waals surface area contributed by atoms with Crippen molar-refractivity contribution in [2.24, 2.45) is 7.05 Å². The fourth-order valence-corrected chi connectivity index (χ4v) is 1.82. The highest BCUT2D eigenvalue weighted by molar-refractivity contribution is 6.19. The van der Waals surface area contributed by atoms with Crippen molar-refractivity contribution in [3.8, 4) is 11.5 Å². The summed E-state index contributed by atoms with van der Waals surface area (Å²) < 4.78 is 11.9. The van der Waals surface area contributed by atoms with Crippen LogP contribution >= 0.6 is 0 Å². The first-order chi connectivity index (χ1) is 9.08. The maximum Gasteiger partial charge on any atom is 0.197 e. The minimum absolute atomic E-state index is 0.0488. The molecule has 0 radical (unpaired) electrons. The van der Waals surface area contributed by atoms with Gasteiger partial charge < -0.3 is 19.8 Å². The van der Waals surface area contributed by atoms with Gasteiger partial charge >= 0.3 is 0 Å². The number of nitrogens with two attached hydrogens (primary N) is 1. The Balaban J connectivity index is 0.000000163. The van der Waals surface area contributed by atoms with E-state index in [-0.39, 0.29) is 5.78 Å². The average molecular weight is 260 g/mol. The predicted octanol–water partition coefficient (Wildman–Crippen LogP) is 1.86. The van der Waals surface area contributed by atoms with Gasteiger partial charge in [0.05, 0.1) is 19.8 Å². The SMILES string of the molecule is COc1cc2cc(c1OC)C2=O.Cn1cccc1N. The highest BCUT2D eigenvalue weighted by Gasteiger charge is 2.28. The Morgan fingerprint density at radius 1 is 1.21 bits per heavy atom. The van der Waals surface area contributed by atoms with E-state index in [1.165, 1.54) is 7.11 Å². The molecule has 2 N–H and O–H groups in total. The molecule has 5 nitrogen and oxygen atoms in total. The van der Waals surface area contributed by atoms with Crippen LogP contribution in [0.3, 0.4) is 0 Å². The Morgan fingerprint density at radius 2 is 1.95 bits per heavy atom. The zero-order valence-corrected chi connectivity index (χ0v) is 11.1. The van der Waals surface area contributed by atoms with Gasteiger partial charge in [-0.3, -0.25) is 4.79 Å². The second-order valence-corrected chi connectivity index (χ2v) is 4.13. The average Bonchev–Trinajstić information content (AvgIpc) is 2.81. The number of aromatic nitrogens is 1. The Kier molecular flexibility index (Phi) is 3.46. The van der Waals surface area contributed by atoms with E-state index >= 15 is 0 Å². The van der Waals surface area contributed by atoms with Crippen molar-refractivity contribution in [2.75, 3.05) is 20.0 Å². The number of aryl methyl sites for hydroxylation is 1. The number of nitrogen functional groups attached to an aromatic ring is 1. The molecule has 0 unspecified atom stereocenters. The van der Waals surface area contributed by atoms with Crippen molar-refractivity contribution in [2.45, 2.75) is 0 Å². The van der Waals surface area contributed by atoms with Gasteiger partial charge in [0.25, 0.3) is 0 Å². The summed E-state index contributed by atoms with van der Waals surface area (Å²) in [6.45, 7) is 0. The lowest BCUT2D eigenvalue weighted by atomic mass is 9.90. The van der Waals surface area contributed by atoms with Gasteiger partial charge in [0.2, 0.25) is 0 Å². The van der Waals surface area contributed by atoms with Crippen LogP contribution in [0.1, 0.15) is 15.9 Å². The number of carbonyl (C=O) groups is 1. The molecule has 0 atom stereocenters. The quantitative estimate of drug-likeness (QED) is 0.763. The number of hydrogen-bond acceptors (Lipinski definition) is 4. The number of ketones is 1. The number of methoxy groups -OCH3 is 2. The Hall–Kier alpha value is -2.43. The number of nitrogens with zero attached hydrogens (tertiary/aromatic N) is 1. The summed E-state index contributed by atoms with van der Waals surface area (Å²) in [6.07, 6.45) is 1.91. The Morgan fingerprint density at radius 3 is 2.32 bits per heavy atom. The van der Waals surface area contributed by atoms with Gasteiger partial charge in [-0.15, -0.1) is 0 Å². The van der Waals surface area contributed by atoms with Crippen molar-refractivity contribution < 1.29 is 14.3 Å². The predicted molar refractivity (Wildman–Crippen MR) is 72.8 cm³/mol. The van der Waals surface area contributed by atoms with Crippen LogP contribution in [0, 0.1) is 0 Å². The van der Waals surface area contributed by atoms with Gasteiger partial charge in [-0.2, -0.15) is 0 Å². The maximum atomic E-state index is 11.2. The molecule has 1 heterocycles. The van der Waals surface area contributed by atoms with Gasteiger partial charge in [-0.1, -0.05) is 0 Å². The molecule has 2 aliphatic carbocycles. The fourth-order valence-electron chi connectivity index (χ4n) is 1.82. The van der Waals surface area contributed by atoms with Crippen molar-refractivity contribution in [1.82, 2.24) is 4.57 Å². The lowest BCUT2D eigenvalue weighted by Gasteiger charge is -2.19. The molecule has 1 aromatic heterocycles. The van der Waals surface area contributed by atoms with E-state index in [9.17, 15) is 4.79 Å². The highest BCUT2D eigenvalue weighted by atomic mass is 16.5. The van der Waals surface area contributed by atoms with E-state index in [1.54, 1.807) is 19.2 Å². The Bertz CT molecular complexity index is 601. The van der Waals surface area contributed by atoms with Crippen LogP contribution in [0.5, 0.6) is 11.5 Å². The molecule has 0 aliphatic heterocycles. The molecule has 0 saturated heterocycles. The molecule has 0 amide bonds. The monoisotopic (exact) mass is 260 g/mol. The van der Waals surface area contributed by atoms with Gasteiger partial charge in [-0.05, 0) is 24.3 Å². The summed E-state index contributed by atoms with van der Waals surface area (Å²) in [5.41, 5.74) is 6.72. The summed E-state index contributed by atoms with van der Waals surface area (Å²) in [7, 11) is 5.00. The van der Waals surface area contributed by atoms with Gasteiger partial charge in [0.1, 0.15) is 5.82 Å². The molecule has 0 fully saturated rings. The topological polar surface area (TPSA) is 66.5 Å². The molecule has 0 saturated carbocycles. The van der Waals surface area contributed by atoms with E-state index in [2.05, 4.69) is 0 Å². The summed E-state index contributed by atoms with van der Waals surface area (Å²) in [5.74, 6) is 2.02. The minimum atomic E-state index is 0.0488. The third-order valence-corrected chi connectivity index (χ3v) is 2.97. The first kappa shape index (κ1) is 13.0. The standard InChI is InChI=1S/C9H8O3.C5H8N2/c1-11-7-4-5-3-6(8(5)10)9(7)12-2;1-7-4-2-3-5(7)6/h3-4H,1-2H3;2-4H,6H2,1H3. The first-order valence-electron chi connectivity index (χ1n) is 5.76. The molecule has 0 spiro atoms.